The lowest BCUT2D eigenvalue weighted by molar-refractivity contribution is -0.528. The summed E-state index contributed by atoms with van der Waals surface area (Å²) in [7, 11) is 0. The molecule has 4 atom stereocenters. The summed E-state index contributed by atoms with van der Waals surface area (Å²) in [4.78, 5) is 23.2. The third-order valence-corrected chi connectivity index (χ3v) is 4.94. The summed E-state index contributed by atoms with van der Waals surface area (Å²) in [5.74, 6) is -0.187. The highest BCUT2D eigenvalue weighted by Gasteiger charge is 2.46. The van der Waals surface area contributed by atoms with E-state index in [1.165, 1.54) is 0 Å². The molecular formula is C15H19ClN4O3. The number of nitrogens with one attached hydrogen (secondary N) is 3. The number of rotatable bonds is 4. The first-order chi connectivity index (χ1) is 11.0. The van der Waals surface area contributed by atoms with Crippen LogP contribution < -0.4 is 16.2 Å². The molecule has 1 aliphatic heterocycles. The summed E-state index contributed by atoms with van der Waals surface area (Å²) < 4.78 is 0. The Morgan fingerprint density at radius 1 is 1.30 bits per heavy atom. The Morgan fingerprint density at radius 3 is 2.74 bits per heavy atom. The lowest BCUT2D eigenvalue weighted by Gasteiger charge is -2.28. The van der Waals surface area contributed by atoms with Crippen molar-refractivity contribution >= 4 is 17.5 Å². The molecule has 2 fully saturated rings. The molecule has 7 nitrogen and oxygen atoms in total. The fourth-order valence-corrected chi connectivity index (χ4v) is 3.51. The van der Waals surface area contributed by atoms with E-state index in [4.69, 9.17) is 11.6 Å². The Hall–Kier alpha value is -1.70. The Labute approximate surface area is 138 Å². The van der Waals surface area contributed by atoms with Gasteiger partial charge in [-0.2, -0.15) is 0 Å². The summed E-state index contributed by atoms with van der Waals surface area (Å²) in [6.07, 6.45) is 1.70. The van der Waals surface area contributed by atoms with Gasteiger partial charge < -0.3 is 5.32 Å². The molecular weight excluding hydrogens is 320 g/mol. The standard InChI is InChI=1S/C15H19ClN4O3/c16-10-3-1-9(2-4-10)8-17-15(21)14-12-7-11(20(22)23)5-6-13(12)18-19-14/h1-4,11-14,18-19H,5-8H2,(H,17,21). The molecule has 0 spiro atoms. The molecule has 0 radical (unpaired) electrons. The first-order valence-corrected chi connectivity index (χ1v) is 8.09. The average Bonchev–Trinajstić information content (AvgIpc) is 2.97. The third kappa shape index (κ3) is 3.63. The van der Waals surface area contributed by atoms with Gasteiger partial charge in [0.1, 0.15) is 6.04 Å². The van der Waals surface area contributed by atoms with E-state index < -0.39 is 12.1 Å². The van der Waals surface area contributed by atoms with Crippen molar-refractivity contribution in [3.8, 4) is 0 Å². The van der Waals surface area contributed by atoms with Crippen molar-refractivity contribution in [1.82, 2.24) is 16.2 Å². The maximum Gasteiger partial charge on any atom is 0.239 e. The van der Waals surface area contributed by atoms with Gasteiger partial charge in [-0.05, 0) is 24.1 Å². The predicted octanol–water partition coefficient (Wildman–Crippen LogP) is 1.25. The number of benzene rings is 1. The lowest BCUT2D eigenvalue weighted by atomic mass is 9.79. The van der Waals surface area contributed by atoms with Gasteiger partial charge in [0.05, 0.1) is 0 Å². The molecule has 1 amide bonds. The van der Waals surface area contributed by atoms with E-state index in [-0.39, 0.29) is 22.8 Å². The van der Waals surface area contributed by atoms with E-state index in [0.717, 1.165) is 5.56 Å². The number of fused-ring (bicyclic) bond motifs is 1. The second kappa shape index (κ2) is 6.82. The van der Waals surface area contributed by atoms with E-state index >= 15 is 0 Å². The number of carbonyl (C=O) groups excluding carboxylic acids is 1. The van der Waals surface area contributed by atoms with E-state index in [0.29, 0.717) is 30.8 Å². The van der Waals surface area contributed by atoms with Crippen LogP contribution in [0, 0.1) is 16.0 Å². The summed E-state index contributed by atoms with van der Waals surface area (Å²) in [5, 5.41) is 14.5. The maximum atomic E-state index is 12.4. The van der Waals surface area contributed by atoms with Crippen LogP contribution in [0.5, 0.6) is 0 Å². The van der Waals surface area contributed by atoms with E-state index in [1.54, 1.807) is 12.1 Å². The smallest absolute Gasteiger partial charge is 0.239 e. The minimum atomic E-state index is -0.551. The molecule has 0 aromatic heterocycles. The number of halogens is 1. The Morgan fingerprint density at radius 2 is 2.04 bits per heavy atom. The molecule has 1 saturated heterocycles. The highest BCUT2D eigenvalue weighted by molar-refractivity contribution is 6.30. The van der Waals surface area contributed by atoms with Crippen LogP contribution in [0.1, 0.15) is 24.8 Å². The van der Waals surface area contributed by atoms with Crippen molar-refractivity contribution in [2.75, 3.05) is 0 Å². The Bertz CT molecular complexity index is 595. The highest BCUT2D eigenvalue weighted by Crippen LogP contribution is 2.31. The van der Waals surface area contributed by atoms with Gasteiger partial charge in [-0.15, -0.1) is 0 Å². The topological polar surface area (TPSA) is 96.3 Å². The van der Waals surface area contributed by atoms with Crippen LogP contribution in [0.4, 0.5) is 0 Å². The number of hydrogen-bond acceptors (Lipinski definition) is 5. The van der Waals surface area contributed by atoms with Crippen LogP contribution in [0.15, 0.2) is 24.3 Å². The monoisotopic (exact) mass is 338 g/mol. The van der Waals surface area contributed by atoms with Crippen molar-refractivity contribution < 1.29 is 9.72 Å². The fourth-order valence-electron chi connectivity index (χ4n) is 3.39. The normalized spacial score (nSPS) is 29.8. The first kappa shape index (κ1) is 16.2. The van der Waals surface area contributed by atoms with Crippen molar-refractivity contribution in [1.29, 1.82) is 0 Å². The quantitative estimate of drug-likeness (QED) is 0.567. The summed E-state index contributed by atoms with van der Waals surface area (Å²) in [6.45, 7) is 0.407. The van der Waals surface area contributed by atoms with Crippen LogP contribution in [0.3, 0.4) is 0 Å². The van der Waals surface area contributed by atoms with Crippen molar-refractivity contribution in [2.24, 2.45) is 5.92 Å². The molecule has 0 bridgehead atoms. The van der Waals surface area contributed by atoms with Crippen LogP contribution >= 0.6 is 11.6 Å². The third-order valence-electron chi connectivity index (χ3n) is 4.68. The number of hydrogen-bond donors (Lipinski definition) is 3. The predicted molar refractivity (Wildman–Crippen MR) is 85.3 cm³/mol. The molecule has 1 saturated carbocycles. The second-order valence-corrected chi connectivity index (χ2v) is 6.57. The summed E-state index contributed by atoms with van der Waals surface area (Å²) >= 11 is 5.83. The molecule has 23 heavy (non-hydrogen) atoms. The SMILES string of the molecule is O=C(NCc1ccc(Cl)cc1)C1NNC2CCC([N+](=O)[O-])CC21. The molecule has 4 unspecified atom stereocenters. The first-order valence-electron chi connectivity index (χ1n) is 7.71. The molecule has 1 heterocycles. The van der Waals surface area contributed by atoms with Gasteiger partial charge in [0.25, 0.3) is 0 Å². The molecule has 3 N–H and O–H groups in total. The lowest BCUT2D eigenvalue weighted by Crippen LogP contribution is -2.46. The zero-order valence-corrected chi connectivity index (χ0v) is 13.3. The minimum absolute atomic E-state index is 0.0515. The fraction of sp³-hybridized carbons (Fsp3) is 0.533. The van der Waals surface area contributed by atoms with Crippen LogP contribution in [-0.4, -0.2) is 29.0 Å². The number of amides is 1. The maximum absolute atomic E-state index is 12.4. The molecule has 1 aromatic carbocycles. The van der Waals surface area contributed by atoms with E-state index in [9.17, 15) is 14.9 Å². The molecule has 2 aliphatic rings. The van der Waals surface area contributed by atoms with Gasteiger partial charge in [-0.1, -0.05) is 23.7 Å². The van der Waals surface area contributed by atoms with Crippen molar-refractivity contribution in [3.05, 3.63) is 45.0 Å². The van der Waals surface area contributed by atoms with E-state index in [1.807, 2.05) is 12.1 Å². The zero-order chi connectivity index (χ0) is 16.4. The molecule has 1 aliphatic carbocycles. The number of nitrogens with zero attached hydrogens (tertiary/aromatic N) is 1. The average molecular weight is 339 g/mol. The van der Waals surface area contributed by atoms with Gasteiger partial charge in [0.2, 0.25) is 11.9 Å². The minimum Gasteiger partial charge on any atom is -0.351 e. The number of carbonyl (C=O) groups is 1. The largest absolute Gasteiger partial charge is 0.351 e. The molecule has 124 valence electrons. The van der Waals surface area contributed by atoms with Crippen LogP contribution in [-0.2, 0) is 11.3 Å². The summed E-state index contributed by atoms with van der Waals surface area (Å²) in [5.41, 5.74) is 7.06. The van der Waals surface area contributed by atoms with Gasteiger partial charge in [-0.3, -0.25) is 20.3 Å². The van der Waals surface area contributed by atoms with Crippen LogP contribution in [0.2, 0.25) is 5.02 Å². The van der Waals surface area contributed by atoms with Crippen molar-refractivity contribution in [3.63, 3.8) is 0 Å². The molecule has 1 aromatic rings. The Balaban J connectivity index is 1.58. The second-order valence-electron chi connectivity index (χ2n) is 6.13. The van der Waals surface area contributed by atoms with Gasteiger partial charge in [0, 0.05) is 41.3 Å². The summed E-state index contributed by atoms with van der Waals surface area (Å²) in [6, 6.07) is 6.40. The molecule has 3 rings (SSSR count). The highest BCUT2D eigenvalue weighted by atomic mass is 35.5. The van der Waals surface area contributed by atoms with E-state index in [2.05, 4.69) is 16.2 Å². The van der Waals surface area contributed by atoms with Gasteiger partial charge >= 0.3 is 0 Å². The zero-order valence-electron chi connectivity index (χ0n) is 12.5. The molecule has 8 heteroatoms. The number of nitro groups is 1. The van der Waals surface area contributed by atoms with Crippen LogP contribution in [0.25, 0.3) is 0 Å². The van der Waals surface area contributed by atoms with Crippen molar-refractivity contribution in [2.45, 2.75) is 43.9 Å². The number of hydrazine groups is 1. The van der Waals surface area contributed by atoms with Gasteiger partial charge in [0.15, 0.2) is 0 Å². The van der Waals surface area contributed by atoms with Gasteiger partial charge in [-0.25, -0.2) is 5.43 Å². The Kier molecular flexibility index (Phi) is 4.79.